The Morgan fingerprint density at radius 2 is 1.83 bits per heavy atom. The van der Waals surface area contributed by atoms with Crippen molar-refractivity contribution < 1.29 is 13.5 Å². The van der Waals surface area contributed by atoms with Crippen LogP contribution in [0.25, 0.3) is 0 Å². The molecule has 0 aromatic heterocycles. The lowest BCUT2D eigenvalue weighted by Gasteiger charge is -2.12. The quantitative estimate of drug-likeness (QED) is 0.646. The van der Waals surface area contributed by atoms with Gasteiger partial charge in [-0.3, -0.25) is 0 Å². The first-order chi connectivity index (χ1) is 5.37. The molecule has 0 heterocycles. The summed E-state index contributed by atoms with van der Waals surface area (Å²) in [7, 11) is -3.20. The summed E-state index contributed by atoms with van der Waals surface area (Å²) in [5.41, 5.74) is 0. The van der Waals surface area contributed by atoms with Crippen molar-refractivity contribution in [2.45, 2.75) is 26.8 Å². The Bertz CT molecular complexity index is 211. The summed E-state index contributed by atoms with van der Waals surface area (Å²) in [5.74, 6) is 0.213. The minimum atomic E-state index is -3.20. The molecule has 0 aliphatic rings. The van der Waals surface area contributed by atoms with Gasteiger partial charge in [-0.05, 0) is 12.8 Å². The smallest absolute Gasteiger partial charge is 0.212 e. The number of hydrogen-bond acceptors (Lipinski definition) is 3. The van der Waals surface area contributed by atoms with Crippen LogP contribution in [0.3, 0.4) is 0 Å². The van der Waals surface area contributed by atoms with E-state index in [9.17, 15) is 8.42 Å². The normalized spacial score (nSPS) is 15.1. The first-order valence-corrected chi connectivity index (χ1v) is 5.63. The molecule has 4 nitrogen and oxygen atoms in total. The van der Waals surface area contributed by atoms with Crippen molar-refractivity contribution in [1.29, 1.82) is 0 Å². The van der Waals surface area contributed by atoms with Crippen LogP contribution >= 0.6 is 0 Å². The second kappa shape index (κ2) is 4.79. The molecule has 0 spiro atoms. The monoisotopic (exact) mass is 195 g/mol. The van der Waals surface area contributed by atoms with E-state index < -0.39 is 16.1 Å². The van der Waals surface area contributed by atoms with E-state index in [4.69, 9.17) is 5.11 Å². The largest absolute Gasteiger partial charge is 0.395 e. The molecule has 0 aromatic rings. The van der Waals surface area contributed by atoms with Gasteiger partial charge in [0.1, 0.15) is 0 Å². The van der Waals surface area contributed by atoms with Crippen molar-refractivity contribution in [3.05, 3.63) is 0 Å². The van der Waals surface area contributed by atoms with Crippen molar-refractivity contribution in [2.24, 2.45) is 5.92 Å². The van der Waals surface area contributed by atoms with Gasteiger partial charge < -0.3 is 5.11 Å². The summed E-state index contributed by atoms with van der Waals surface area (Å²) in [6, 6.07) is -0.395. The Labute approximate surface area is 74.0 Å². The van der Waals surface area contributed by atoms with Crippen molar-refractivity contribution in [2.75, 3.05) is 12.4 Å². The first-order valence-electron chi connectivity index (χ1n) is 3.98. The molecule has 0 saturated heterocycles. The van der Waals surface area contributed by atoms with Gasteiger partial charge in [0.05, 0.1) is 12.4 Å². The molecule has 0 aromatic carbocycles. The topological polar surface area (TPSA) is 66.4 Å². The molecule has 0 unspecified atom stereocenters. The summed E-state index contributed by atoms with van der Waals surface area (Å²) in [6.45, 7) is 5.13. The zero-order valence-electron chi connectivity index (χ0n) is 7.74. The van der Waals surface area contributed by atoms with Gasteiger partial charge in [0.25, 0.3) is 0 Å². The van der Waals surface area contributed by atoms with Crippen LogP contribution < -0.4 is 4.72 Å². The molecule has 0 radical (unpaired) electrons. The highest BCUT2D eigenvalue weighted by atomic mass is 32.2. The molecule has 0 fully saturated rings. The Balaban J connectivity index is 4.05. The third-order valence-corrected chi connectivity index (χ3v) is 3.07. The van der Waals surface area contributed by atoms with Crippen LogP contribution in [-0.2, 0) is 10.0 Å². The van der Waals surface area contributed by atoms with Gasteiger partial charge in [-0.2, -0.15) is 0 Å². The Kier molecular flexibility index (Phi) is 4.74. The summed E-state index contributed by atoms with van der Waals surface area (Å²) in [4.78, 5) is 0. The Morgan fingerprint density at radius 3 is 2.17 bits per heavy atom. The third-order valence-electron chi connectivity index (χ3n) is 1.21. The molecule has 0 rings (SSSR count). The summed E-state index contributed by atoms with van der Waals surface area (Å²) >= 11 is 0. The highest BCUT2D eigenvalue weighted by Crippen LogP contribution is 1.98. The highest BCUT2D eigenvalue weighted by Gasteiger charge is 2.14. The summed E-state index contributed by atoms with van der Waals surface area (Å²) < 4.78 is 24.7. The SMILES string of the molecule is CC(C)CS(=O)(=O)N[C@H](C)CO. The molecular weight excluding hydrogens is 178 g/mol. The Hall–Kier alpha value is -0.130. The molecule has 5 heteroatoms. The molecule has 2 N–H and O–H groups in total. The predicted molar refractivity (Wildman–Crippen MR) is 48.3 cm³/mol. The standard InChI is InChI=1S/C7H17NO3S/c1-6(2)5-12(10,11)8-7(3)4-9/h6-9H,4-5H2,1-3H3/t7-/m1/s1. The van der Waals surface area contributed by atoms with Gasteiger partial charge in [0.2, 0.25) is 10.0 Å². The molecule has 0 aliphatic carbocycles. The molecule has 74 valence electrons. The van der Waals surface area contributed by atoms with Crippen LogP contribution in [0.5, 0.6) is 0 Å². The zero-order chi connectivity index (χ0) is 9.78. The lowest BCUT2D eigenvalue weighted by Crippen LogP contribution is -2.37. The maximum Gasteiger partial charge on any atom is 0.212 e. The number of sulfonamides is 1. The number of rotatable bonds is 5. The average Bonchev–Trinajstić information content (AvgIpc) is 1.83. The van der Waals surface area contributed by atoms with Crippen LogP contribution in [0.15, 0.2) is 0 Å². The van der Waals surface area contributed by atoms with Crippen molar-refractivity contribution in [1.82, 2.24) is 4.72 Å². The number of aliphatic hydroxyl groups excluding tert-OH is 1. The summed E-state index contributed by atoms with van der Waals surface area (Å²) in [5, 5.41) is 8.61. The van der Waals surface area contributed by atoms with Crippen LogP contribution in [0.1, 0.15) is 20.8 Å². The molecular formula is C7H17NO3S. The minimum Gasteiger partial charge on any atom is -0.395 e. The van der Waals surface area contributed by atoms with Gasteiger partial charge in [-0.1, -0.05) is 13.8 Å². The van der Waals surface area contributed by atoms with Gasteiger partial charge in [0, 0.05) is 6.04 Å². The van der Waals surface area contributed by atoms with Crippen LogP contribution in [-0.4, -0.2) is 31.9 Å². The van der Waals surface area contributed by atoms with Crippen molar-refractivity contribution >= 4 is 10.0 Å². The zero-order valence-corrected chi connectivity index (χ0v) is 8.56. The molecule has 0 aliphatic heterocycles. The molecule has 12 heavy (non-hydrogen) atoms. The second-order valence-corrected chi connectivity index (χ2v) is 5.18. The molecule has 0 saturated carbocycles. The fourth-order valence-electron chi connectivity index (χ4n) is 0.831. The average molecular weight is 195 g/mol. The Morgan fingerprint density at radius 1 is 1.33 bits per heavy atom. The molecule has 0 amide bonds. The van der Waals surface area contributed by atoms with E-state index >= 15 is 0 Å². The van der Waals surface area contributed by atoms with Crippen LogP contribution in [0.2, 0.25) is 0 Å². The maximum absolute atomic E-state index is 11.2. The number of aliphatic hydroxyl groups is 1. The van der Waals surface area contributed by atoms with E-state index in [0.717, 1.165) is 0 Å². The van der Waals surface area contributed by atoms with E-state index in [1.807, 2.05) is 13.8 Å². The minimum absolute atomic E-state index is 0.105. The van der Waals surface area contributed by atoms with Gasteiger partial charge >= 0.3 is 0 Å². The second-order valence-electron chi connectivity index (χ2n) is 3.38. The number of nitrogens with one attached hydrogen (secondary N) is 1. The van der Waals surface area contributed by atoms with Gasteiger partial charge in [0.15, 0.2) is 0 Å². The lowest BCUT2D eigenvalue weighted by molar-refractivity contribution is 0.265. The highest BCUT2D eigenvalue weighted by molar-refractivity contribution is 7.89. The van der Waals surface area contributed by atoms with Crippen LogP contribution in [0.4, 0.5) is 0 Å². The predicted octanol–water partition coefficient (Wildman–Crippen LogP) is -0.0574. The fraction of sp³-hybridized carbons (Fsp3) is 1.00. The van der Waals surface area contributed by atoms with E-state index in [2.05, 4.69) is 4.72 Å². The third kappa shape index (κ3) is 5.51. The first kappa shape index (κ1) is 11.9. The maximum atomic E-state index is 11.2. The van der Waals surface area contributed by atoms with E-state index in [1.54, 1.807) is 6.92 Å². The lowest BCUT2D eigenvalue weighted by atomic mass is 10.3. The number of hydrogen-bond donors (Lipinski definition) is 2. The van der Waals surface area contributed by atoms with Gasteiger partial charge in [-0.25, -0.2) is 13.1 Å². The van der Waals surface area contributed by atoms with Crippen molar-refractivity contribution in [3.8, 4) is 0 Å². The molecule has 1 atom stereocenters. The fourth-order valence-corrected chi connectivity index (χ4v) is 2.49. The summed E-state index contributed by atoms with van der Waals surface area (Å²) in [6.07, 6.45) is 0. The van der Waals surface area contributed by atoms with Crippen molar-refractivity contribution in [3.63, 3.8) is 0 Å². The van der Waals surface area contributed by atoms with E-state index in [0.29, 0.717) is 0 Å². The van der Waals surface area contributed by atoms with E-state index in [-0.39, 0.29) is 18.3 Å². The van der Waals surface area contributed by atoms with Gasteiger partial charge in [-0.15, -0.1) is 0 Å². The molecule has 0 bridgehead atoms. The van der Waals surface area contributed by atoms with Crippen LogP contribution in [0, 0.1) is 5.92 Å². The van der Waals surface area contributed by atoms with E-state index in [1.165, 1.54) is 0 Å².